The highest BCUT2D eigenvalue weighted by Crippen LogP contribution is 2.37. The summed E-state index contributed by atoms with van der Waals surface area (Å²) in [6, 6.07) is 7.62. The molecule has 4 fully saturated rings. The predicted octanol–water partition coefficient (Wildman–Crippen LogP) is 5.10. The van der Waals surface area contributed by atoms with Crippen LogP contribution in [0.15, 0.2) is 42.9 Å². The maximum absolute atomic E-state index is 14.3. The van der Waals surface area contributed by atoms with Crippen LogP contribution in [0.5, 0.6) is 0 Å². The standard InChI is InChI=1S/C42H52F3N13O3/c1-54-38-29(36(52-54)30-9-10-35(59)51-41(30)60)3-2-4-32(38)48-27-12-16-55(17-13-27)15-11-24-5-7-28(8-6-24)58-23-33(37(53-58)39(44)45)49-42(61)31-20-47-57-18-14-34(50-40(31)57)56-21-25(43)19-26(46)22-56/h2-4,14,18,20,23-28,30,39,48H,5-13,15-17,19,21-22,46H2,1H3,(H,49,61)(H,51,59,60)/t24?,25-,26-,28?,30?/m1/s1. The van der Waals surface area contributed by atoms with E-state index in [4.69, 9.17) is 10.8 Å². The Morgan fingerprint density at radius 1 is 1.02 bits per heavy atom. The SMILES string of the molecule is Cn1nc(C2CCC(=O)NC2=O)c2cccc(NC3CCN(CCC4CCC(n5cc(NC(=O)c6cnn7ccc(N8C[C@H](N)C[C@@H](F)C8)nc67)c(C(F)F)n5)CC4)CC3)c21. The lowest BCUT2D eigenvalue weighted by molar-refractivity contribution is -0.134. The van der Waals surface area contributed by atoms with Crippen LogP contribution in [0, 0.1) is 5.92 Å². The third-order valence-corrected chi connectivity index (χ3v) is 13.0. The molecule has 0 bridgehead atoms. The molecule has 9 rings (SSSR count). The summed E-state index contributed by atoms with van der Waals surface area (Å²) in [6.45, 7) is 3.52. The monoisotopic (exact) mass is 843 g/mol. The third-order valence-electron chi connectivity index (χ3n) is 13.0. The van der Waals surface area contributed by atoms with Crippen molar-refractivity contribution in [2.45, 2.75) is 101 Å². The fourth-order valence-electron chi connectivity index (χ4n) is 9.77. The zero-order chi connectivity index (χ0) is 42.4. The van der Waals surface area contributed by atoms with Gasteiger partial charge >= 0.3 is 0 Å². The number of aryl methyl sites for hydroxylation is 1. The smallest absolute Gasteiger partial charge is 0.284 e. The fourth-order valence-corrected chi connectivity index (χ4v) is 9.77. The van der Waals surface area contributed by atoms with E-state index < -0.39 is 30.1 Å². The quantitative estimate of drug-likeness (QED) is 0.130. The van der Waals surface area contributed by atoms with Crippen molar-refractivity contribution in [1.82, 2.24) is 44.4 Å². The lowest BCUT2D eigenvalue weighted by Crippen LogP contribution is -2.48. The van der Waals surface area contributed by atoms with Gasteiger partial charge in [0.05, 0.1) is 47.3 Å². The van der Waals surface area contributed by atoms with Crippen molar-refractivity contribution >= 4 is 51.5 Å². The number of benzene rings is 1. The zero-order valence-corrected chi connectivity index (χ0v) is 34.2. The molecule has 19 heteroatoms. The molecule has 3 aliphatic heterocycles. The second kappa shape index (κ2) is 17.1. The molecule has 4 aromatic heterocycles. The number of alkyl halides is 3. The average molecular weight is 844 g/mol. The first-order chi connectivity index (χ1) is 29.5. The first kappa shape index (κ1) is 40.8. The predicted molar refractivity (Wildman–Crippen MR) is 222 cm³/mol. The highest BCUT2D eigenvalue weighted by molar-refractivity contribution is 6.08. The van der Waals surface area contributed by atoms with E-state index in [-0.39, 0.29) is 53.8 Å². The number of piperidine rings is 3. The summed E-state index contributed by atoms with van der Waals surface area (Å²) in [5.41, 5.74) is 8.47. The van der Waals surface area contributed by atoms with Gasteiger partial charge in [-0.05, 0) is 82.4 Å². The molecule has 3 atom stereocenters. The van der Waals surface area contributed by atoms with Crippen molar-refractivity contribution in [2.24, 2.45) is 18.7 Å². The van der Waals surface area contributed by atoms with Gasteiger partial charge < -0.3 is 26.2 Å². The van der Waals surface area contributed by atoms with Gasteiger partial charge in [0.15, 0.2) is 11.3 Å². The second-order valence-electron chi connectivity index (χ2n) is 17.2. The van der Waals surface area contributed by atoms with Crippen LogP contribution in [0.25, 0.3) is 16.6 Å². The van der Waals surface area contributed by atoms with Crippen molar-refractivity contribution in [3.05, 3.63) is 59.8 Å². The number of anilines is 3. The van der Waals surface area contributed by atoms with Gasteiger partial charge in [0, 0.05) is 63.0 Å². The molecule has 0 radical (unpaired) electrons. The summed E-state index contributed by atoms with van der Waals surface area (Å²) in [5, 5.41) is 23.0. The lowest BCUT2D eigenvalue weighted by atomic mass is 9.84. The van der Waals surface area contributed by atoms with Gasteiger partial charge in [-0.2, -0.15) is 15.3 Å². The Labute approximate surface area is 350 Å². The summed E-state index contributed by atoms with van der Waals surface area (Å²) in [4.78, 5) is 46.7. The number of aromatic nitrogens is 7. The van der Waals surface area contributed by atoms with Gasteiger partial charge in [-0.3, -0.25) is 29.1 Å². The molecular formula is C42H52F3N13O3. The number of hydrogen-bond donors (Lipinski definition) is 4. The van der Waals surface area contributed by atoms with Crippen LogP contribution in [0.1, 0.15) is 104 Å². The normalized spacial score (nSPS) is 24.5. The molecular weight excluding hydrogens is 792 g/mol. The molecule has 324 valence electrons. The molecule has 4 aliphatic rings. The number of halogens is 3. The van der Waals surface area contributed by atoms with Crippen LogP contribution in [0.2, 0.25) is 0 Å². The molecule has 61 heavy (non-hydrogen) atoms. The Balaban J connectivity index is 0.762. The maximum Gasteiger partial charge on any atom is 0.284 e. The van der Waals surface area contributed by atoms with Gasteiger partial charge in [-0.15, -0.1) is 0 Å². The van der Waals surface area contributed by atoms with Gasteiger partial charge in [0.2, 0.25) is 11.8 Å². The highest BCUT2D eigenvalue weighted by Gasteiger charge is 2.33. The number of carbonyl (C=O) groups is 3. The largest absolute Gasteiger partial charge is 0.380 e. The number of nitrogens with one attached hydrogen (secondary N) is 3. The summed E-state index contributed by atoms with van der Waals surface area (Å²) in [5.74, 6) is -0.637. The van der Waals surface area contributed by atoms with Crippen molar-refractivity contribution in [1.29, 1.82) is 0 Å². The first-order valence-corrected chi connectivity index (χ1v) is 21.4. The number of hydrogen-bond acceptors (Lipinski definition) is 11. The first-order valence-electron chi connectivity index (χ1n) is 21.4. The number of imide groups is 1. The van der Waals surface area contributed by atoms with E-state index in [1.54, 1.807) is 21.8 Å². The molecule has 5 N–H and O–H groups in total. The fraction of sp³-hybridized carbons (Fsp3) is 0.548. The van der Waals surface area contributed by atoms with Crippen molar-refractivity contribution in [3.63, 3.8) is 0 Å². The Kier molecular flexibility index (Phi) is 11.4. The minimum atomic E-state index is -2.89. The highest BCUT2D eigenvalue weighted by atomic mass is 19.3. The number of nitrogens with zero attached hydrogens (tertiary/aromatic N) is 9. The lowest BCUT2D eigenvalue weighted by Gasteiger charge is -2.35. The number of amides is 3. The zero-order valence-electron chi connectivity index (χ0n) is 34.2. The van der Waals surface area contributed by atoms with Crippen LogP contribution in [0.3, 0.4) is 0 Å². The summed E-state index contributed by atoms with van der Waals surface area (Å²) in [6.07, 6.45) is 8.11. The number of rotatable bonds is 11. The van der Waals surface area contributed by atoms with Crippen LogP contribution in [-0.4, -0.2) is 108 Å². The topological polar surface area (TPSA) is 186 Å². The van der Waals surface area contributed by atoms with Gasteiger partial charge in [-0.25, -0.2) is 22.7 Å². The van der Waals surface area contributed by atoms with Gasteiger partial charge in [0.1, 0.15) is 17.6 Å². The van der Waals surface area contributed by atoms with E-state index in [2.05, 4.69) is 42.1 Å². The molecule has 1 aromatic carbocycles. The number of nitrogens with two attached hydrogens (primary N) is 1. The molecule has 0 spiro atoms. The third kappa shape index (κ3) is 8.54. The molecule has 16 nitrogen and oxygen atoms in total. The van der Waals surface area contributed by atoms with Crippen LogP contribution < -0.4 is 26.6 Å². The Hall–Kier alpha value is -5.56. The Bertz CT molecular complexity index is 2410. The van der Waals surface area contributed by atoms with Crippen LogP contribution in [-0.2, 0) is 16.6 Å². The van der Waals surface area contributed by atoms with Crippen molar-refractivity contribution in [2.75, 3.05) is 48.3 Å². The molecule has 1 saturated carbocycles. The maximum atomic E-state index is 14.3. The summed E-state index contributed by atoms with van der Waals surface area (Å²) >= 11 is 0. The molecule has 3 amide bonds. The van der Waals surface area contributed by atoms with E-state index in [9.17, 15) is 27.6 Å². The molecule has 5 aromatic rings. The van der Waals surface area contributed by atoms with E-state index in [0.717, 1.165) is 81.2 Å². The van der Waals surface area contributed by atoms with Crippen molar-refractivity contribution < 1.29 is 27.6 Å². The average Bonchev–Trinajstić information content (AvgIpc) is 3.96. The number of likely N-dealkylation sites (tertiary alicyclic amines) is 1. The Morgan fingerprint density at radius 2 is 1.82 bits per heavy atom. The summed E-state index contributed by atoms with van der Waals surface area (Å²) < 4.78 is 47.7. The molecule has 1 unspecified atom stereocenters. The summed E-state index contributed by atoms with van der Waals surface area (Å²) in [7, 11) is 1.89. The van der Waals surface area contributed by atoms with Gasteiger partial charge in [0.25, 0.3) is 12.3 Å². The van der Waals surface area contributed by atoms with Crippen molar-refractivity contribution in [3.8, 4) is 0 Å². The minimum absolute atomic E-state index is 0.0493. The number of carbonyl (C=O) groups excluding carboxylic acids is 3. The number of fused-ring (bicyclic) bond motifs is 2. The molecule has 3 saturated heterocycles. The second-order valence-corrected chi connectivity index (χ2v) is 17.2. The Morgan fingerprint density at radius 3 is 2.57 bits per heavy atom. The van der Waals surface area contributed by atoms with E-state index in [1.807, 2.05) is 23.9 Å². The number of para-hydroxylation sites is 1. The minimum Gasteiger partial charge on any atom is -0.380 e. The van der Waals surface area contributed by atoms with E-state index in [0.29, 0.717) is 42.9 Å². The van der Waals surface area contributed by atoms with Crippen LogP contribution >= 0.6 is 0 Å². The van der Waals surface area contributed by atoms with Gasteiger partial charge in [-0.1, -0.05) is 12.1 Å². The van der Waals surface area contributed by atoms with E-state index in [1.165, 1.54) is 16.9 Å². The molecule has 7 heterocycles. The van der Waals surface area contributed by atoms with E-state index >= 15 is 0 Å². The molecule has 1 aliphatic carbocycles. The van der Waals surface area contributed by atoms with Crippen LogP contribution in [0.4, 0.5) is 30.4 Å².